The van der Waals surface area contributed by atoms with Crippen LogP contribution >= 0.6 is 0 Å². The van der Waals surface area contributed by atoms with Crippen molar-refractivity contribution in [2.24, 2.45) is 0 Å². The van der Waals surface area contributed by atoms with Crippen molar-refractivity contribution in [2.45, 2.75) is 13.0 Å². The van der Waals surface area contributed by atoms with Crippen LogP contribution in [0.3, 0.4) is 0 Å². The molecule has 2 amide bonds. The monoisotopic (exact) mass is 286 g/mol. The maximum Gasteiger partial charge on any atom is 0.335 e. The van der Waals surface area contributed by atoms with Crippen LogP contribution in [0.15, 0.2) is 24.3 Å². The molecule has 0 spiro atoms. The van der Waals surface area contributed by atoms with Gasteiger partial charge in [0.25, 0.3) is 6.43 Å². The molecule has 0 bridgehead atoms. The zero-order valence-corrected chi connectivity index (χ0v) is 11.2. The highest BCUT2D eigenvalue weighted by atomic mass is 19.3. The molecular weight excluding hydrogens is 270 g/mol. The SMILES string of the molecule is CN(Cc1ccc(C(=O)O)cc1)C(=O)N(C)CC(F)F. The van der Waals surface area contributed by atoms with E-state index in [1.54, 1.807) is 12.1 Å². The number of carbonyl (C=O) groups is 2. The minimum Gasteiger partial charge on any atom is -0.478 e. The lowest BCUT2D eigenvalue weighted by Gasteiger charge is -2.24. The number of hydrogen-bond donors (Lipinski definition) is 1. The van der Waals surface area contributed by atoms with Crippen LogP contribution in [0.2, 0.25) is 0 Å². The van der Waals surface area contributed by atoms with Crippen LogP contribution in [0.5, 0.6) is 0 Å². The molecule has 0 aliphatic carbocycles. The summed E-state index contributed by atoms with van der Waals surface area (Å²) in [5.74, 6) is -1.03. The highest BCUT2D eigenvalue weighted by Crippen LogP contribution is 2.08. The van der Waals surface area contributed by atoms with Crippen molar-refractivity contribution in [1.29, 1.82) is 0 Å². The summed E-state index contributed by atoms with van der Waals surface area (Å²) in [6.07, 6.45) is -2.58. The van der Waals surface area contributed by atoms with Crippen molar-refractivity contribution < 1.29 is 23.5 Å². The van der Waals surface area contributed by atoms with Crippen LogP contribution in [-0.2, 0) is 6.54 Å². The lowest BCUT2D eigenvalue weighted by Crippen LogP contribution is -2.40. The molecule has 0 radical (unpaired) electrons. The lowest BCUT2D eigenvalue weighted by molar-refractivity contribution is 0.0696. The summed E-state index contributed by atoms with van der Waals surface area (Å²) >= 11 is 0. The summed E-state index contributed by atoms with van der Waals surface area (Å²) in [6, 6.07) is 5.51. The molecule has 1 aromatic rings. The van der Waals surface area contributed by atoms with E-state index < -0.39 is 25.0 Å². The van der Waals surface area contributed by atoms with Gasteiger partial charge in [0.05, 0.1) is 12.1 Å². The molecule has 0 aromatic heterocycles. The fourth-order valence-corrected chi connectivity index (χ4v) is 1.67. The van der Waals surface area contributed by atoms with Crippen molar-refractivity contribution in [3.8, 4) is 0 Å². The third-order valence-corrected chi connectivity index (χ3v) is 2.69. The van der Waals surface area contributed by atoms with Crippen LogP contribution in [0.25, 0.3) is 0 Å². The molecule has 20 heavy (non-hydrogen) atoms. The van der Waals surface area contributed by atoms with Gasteiger partial charge in [0.2, 0.25) is 0 Å². The first-order valence-electron chi connectivity index (χ1n) is 5.88. The van der Waals surface area contributed by atoms with Crippen molar-refractivity contribution >= 4 is 12.0 Å². The second kappa shape index (κ2) is 6.83. The number of rotatable bonds is 5. The maximum absolute atomic E-state index is 12.2. The standard InChI is InChI=1S/C13H16F2N2O3/c1-16(13(20)17(2)8-11(14)15)7-9-3-5-10(6-4-9)12(18)19/h3-6,11H,7-8H2,1-2H3,(H,18,19). The number of carbonyl (C=O) groups excluding carboxylic acids is 1. The lowest BCUT2D eigenvalue weighted by atomic mass is 10.1. The van der Waals surface area contributed by atoms with Gasteiger partial charge in [-0.2, -0.15) is 0 Å². The van der Waals surface area contributed by atoms with Crippen LogP contribution < -0.4 is 0 Å². The Morgan fingerprint density at radius 2 is 1.70 bits per heavy atom. The van der Waals surface area contributed by atoms with E-state index in [0.717, 1.165) is 10.5 Å². The molecular formula is C13H16F2N2O3. The average Bonchev–Trinajstić information content (AvgIpc) is 2.37. The number of halogens is 2. The van der Waals surface area contributed by atoms with Gasteiger partial charge in [-0.1, -0.05) is 12.1 Å². The zero-order valence-electron chi connectivity index (χ0n) is 11.2. The van der Waals surface area contributed by atoms with E-state index in [0.29, 0.717) is 0 Å². The molecule has 0 heterocycles. The van der Waals surface area contributed by atoms with Crippen molar-refractivity contribution in [2.75, 3.05) is 20.6 Å². The number of carboxylic acids is 1. The van der Waals surface area contributed by atoms with Gasteiger partial charge in [0.1, 0.15) is 0 Å². The second-order valence-electron chi connectivity index (χ2n) is 4.41. The van der Waals surface area contributed by atoms with Gasteiger partial charge in [-0.3, -0.25) is 0 Å². The Morgan fingerprint density at radius 1 is 1.15 bits per heavy atom. The Labute approximate surface area is 115 Å². The molecule has 5 nitrogen and oxygen atoms in total. The fourth-order valence-electron chi connectivity index (χ4n) is 1.67. The summed E-state index contributed by atoms with van der Waals surface area (Å²) in [6.45, 7) is -0.409. The number of nitrogens with zero attached hydrogens (tertiary/aromatic N) is 2. The third-order valence-electron chi connectivity index (χ3n) is 2.69. The minimum absolute atomic E-state index is 0.151. The Balaban J connectivity index is 2.63. The molecule has 1 aromatic carbocycles. The van der Waals surface area contributed by atoms with Gasteiger partial charge >= 0.3 is 12.0 Å². The fraction of sp³-hybridized carbons (Fsp3) is 0.385. The Morgan fingerprint density at radius 3 is 2.15 bits per heavy atom. The molecule has 1 rings (SSSR count). The minimum atomic E-state index is -2.58. The van der Waals surface area contributed by atoms with Crippen molar-refractivity contribution in [1.82, 2.24) is 9.80 Å². The molecule has 7 heteroatoms. The first-order chi connectivity index (χ1) is 9.31. The Hall–Kier alpha value is -2.18. The van der Waals surface area contributed by atoms with Gasteiger partial charge in [-0.25, -0.2) is 18.4 Å². The van der Waals surface area contributed by atoms with E-state index in [2.05, 4.69) is 0 Å². The van der Waals surface area contributed by atoms with E-state index in [1.165, 1.54) is 31.1 Å². The molecule has 0 fully saturated rings. The topological polar surface area (TPSA) is 60.9 Å². The van der Waals surface area contributed by atoms with E-state index in [9.17, 15) is 18.4 Å². The number of carboxylic acid groups (broad SMARTS) is 1. The molecule has 0 saturated heterocycles. The highest BCUT2D eigenvalue weighted by molar-refractivity contribution is 5.87. The van der Waals surface area contributed by atoms with E-state index >= 15 is 0 Å². The summed E-state index contributed by atoms with van der Waals surface area (Å²) in [7, 11) is 2.80. The Kier molecular flexibility index (Phi) is 5.42. The quantitative estimate of drug-likeness (QED) is 0.902. The van der Waals surface area contributed by atoms with Crippen LogP contribution in [0, 0.1) is 0 Å². The molecule has 0 unspecified atom stereocenters. The summed E-state index contributed by atoms with van der Waals surface area (Å²) in [4.78, 5) is 24.7. The number of benzene rings is 1. The first-order valence-corrected chi connectivity index (χ1v) is 5.88. The maximum atomic E-state index is 12.2. The molecule has 0 saturated carbocycles. The van der Waals surface area contributed by atoms with E-state index in [1.807, 2.05) is 0 Å². The smallest absolute Gasteiger partial charge is 0.335 e. The van der Waals surface area contributed by atoms with Gasteiger partial charge < -0.3 is 14.9 Å². The summed E-state index contributed by atoms with van der Waals surface area (Å²) in [5.41, 5.74) is 0.869. The molecule has 0 aliphatic rings. The Bertz CT molecular complexity index is 477. The van der Waals surface area contributed by atoms with Gasteiger partial charge in [0, 0.05) is 20.6 Å². The predicted molar refractivity (Wildman–Crippen MR) is 68.9 cm³/mol. The number of aromatic carboxylic acids is 1. The normalized spacial score (nSPS) is 10.4. The summed E-state index contributed by atoms with van der Waals surface area (Å²) in [5, 5.41) is 8.76. The molecule has 1 N–H and O–H groups in total. The number of hydrogen-bond acceptors (Lipinski definition) is 2. The summed E-state index contributed by atoms with van der Waals surface area (Å²) < 4.78 is 24.4. The van der Waals surface area contributed by atoms with Crippen LogP contribution in [0.4, 0.5) is 13.6 Å². The van der Waals surface area contributed by atoms with E-state index in [-0.39, 0.29) is 12.1 Å². The number of alkyl halides is 2. The van der Waals surface area contributed by atoms with E-state index in [4.69, 9.17) is 5.11 Å². The number of urea groups is 1. The van der Waals surface area contributed by atoms with Crippen molar-refractivity contribution in [3.05, 3.63) is 35.4 Å². The van der Waals surface area contributed by atoms with Crippen molar-refractivity contribution in [3.63, 3.8) is 0 Å². The molecule has 0 aliphatic heterocycles. The first kappa shape index (κ1) is 15.9. The molecule has 110 valence electrons. The third kappa shape index (κ3) is 4.49. The zero-order chi connectivity index (χ0) is 15.3. The van der Waals surface area contributed by atoms with Gasteiger partial charge in [0.15, 0.2) is 0 Å². The highest BCUT2D eigenvalue weighted by Gasteiger charge is 2.17. The van der Waals surface area contributed by atoms with Gasteiger partial charge in [-0.05, 0) is 17.7 Å². The van der Waals surface area contributed by atoms with Crippen LogP contribution in [-0.4, -0.2) is 54.0 Å². The van der Waals surface area contributed by atoms with Crippen LogP contribution in [0.1, 0.15) is 15.9 Å². The predicted octanol–water partition coefficient (Wildman–Crippen LogP) is 2.13. The molecule has 0 atom stereocenters. The average molecular weight is 286 g/mol. The largest absolute Gasteiger partial charge is 0.478 e. The van der Waals surface area contributed by atoms with Gasteiger partial charge in [-0.15, -0.1) is 0 Å². The second-order valence-corrected chi connectivity index (χ2v) is 4.41. The number of amides is 2.